The second-order valence-corrected chi connectivity index (χ2v) is 2.96. The number of aromatic nitrogens is 1. The minimum atomic E-state index is -0.504. The van der Waals surface area contributed by atoms with Crippen LogP contribution in [0.25, 0.3) is 0 Å². The molecule has 0 aliphatic carbocycles. The summed E-state index contributed by atoms with van der Waals surface area (Å²) >= 11 is 0. The number of hydrazone groups is 1. The van der Waals surface area contributed by atoms with Gasteiger partial charge in [-0.1, -0.05) is 0 Å². The molecule has 0 atom stereocenters. The third-order valence-corrected chi connectivity index (χ3v) is 1.81. The Kier molecular flexibility index (Phi) is 6.34. The molecule has 0 saturated heterocycles. The summed E-state index contributed by atoms with van der Waals surface area (Å²) in [7, 11) is 0. The van der Waals surface area contributed by atoms with Crippen molar-refractivity contribution < 1.29 is 4.92 Å². The lowest BCUT2D eigenvalue weighted by molar-refractivity contribution is -0.385. The quantitative estimate of drug-likeness (QED) is 0.231. The molecule has 1 aromatic heterocycles. The number of hydrogen-bond acceptors (Lipinski definition) is 6. The number of anilines is 1. The Bertz CT molecular complexity index is 394. The molecule has 0 amide bonds. The van der Waals surface area contributed by atoms with Crippen molar-refractivity contribution in [3.63, 3.8) is 0 Å². The molecular weight excluding hydrogens is 248 g/mol. The van der Waals surface area contributed by atoms with Crippen LogP contribution in [0.15, 0.2) is 23.4 Å². The fourth-order valence-electron chi connectivity index (χ4n) is 0.982. The Labute approximate surface area is 104 Å². The highest BCUT2D eigenvalue weighted by Crippen LogP contribution is 2.11. The topological polar surface area (TPSA) is 132 Å². The molecule has 0 saturated carbocycles. The van der Waals surface area contributed by atoms with Crippen molar-refractivity contribution in [3.05, 3.63) is 28.4 Å². The van der Waals surface area contributed by atoms with Gasteiger partial charge in [0.25, 0.3) is 5.69 Å². The van der Waals surface area contributed by atoms with E-state index in [0.29, 0.717) is 24.6 Å². The maximum Gasteiger partial charge on any atom is 0.287 e. The summed E-state index contributed by atoms with van der Waals surface area (Å²) in [5.41, 5.74) is 5.33. The van der Waals surface area contributed by atoms with Crippen LogP contribution in [0.5, 0.6) is 0 Å². The molecule has 1 heterocycles. The van der Waals surface area contributed by atoms with Gasteiger partial charge in [-0.15, -0.1) is 12.4 Å². The van der Waals surface area contributed by atoms with E-state index >= 15 is 0 Å². The van der Waals surface area contributed by atoms with E-state index in [1.54, 1.807) is 0 Å². The van der Waals surface area contributed by atoms with Crippen LogP contribution < -0.4 is 16.9 Å². The van der Waals surface area contributed by atoms with Crippen molar-refractivity contribution in [1.29, 1.82) is 0 Å². The normalized spacial score (nSPS) is 10.5. The zero-order chi connectivity index (χ0) is 12.0. The largest absolute Gasteiger partial charge is 0.386 e. The molecule has 0 aliphatic rings. The minimum Gasteiger partial charge on any atom is -0.386 e. The zero-order valence-electron chi connectivity index (χ0n) is 8.87. The van der Waals surface area contributed by atoms with Gasteiger partial charge in [-0.3, -0.25) is 10.1 Å². The maximum absolute atomic E-state index is 10.4. The third-order valence-electron chi connectivity index (χ3n) is 1.81. The Morgan fingerprint density at radius 2 is 2.29 bits per heavy atom. The number of nitrogens with two attached hydrogens (primary N) is 2. The SMILES string of the molecule is Cl.N/N=C(\N)CCNc1ccc([N+](=O)[O-])cn1. The monoisotopic (exact) mass is 260 g/mol. The average Bonchev–Trinajstić information content (AvgIpc) is 2.29. The van der Waals surface area contributed by atoms with Gasteiger partial charge in [0.1, 0.15) is 17.9 Å². The Morgan fingerprint density at radius 1 is 1.59 bits per heavy atom. The summed E-state index contributed by atoms with van der Waals surface area (Å²) in [5, 5.41) is 16.6. The lowest BCUT2D eigenvalue weighted by Gasteiger charge is -2.03. The number of pyridine rings is 1. The molecule has 17 heavy (non-hydrogen) atoms. The highest BCUT2D eigenvalue weighted by molar-refractivity contribution is 5.85. The molecule has 0 aliphatic heterocycles. The first-order valence-electron chi connectivity index (χ1n) is 4.50. The van der Waals surface area contributed by atoms with E-state index in [-0.39, 0.29) is 18.1 Å². The molecule has 8 nitrogen and oxygen atoms in total. The van der Waals surface area contributed by atoms with Crippen molar-refractivity contribution in [2.24, 2.45) is 16.7 Å². The summed E-state index contributed by atoms with van der Waals surface area (Å²) < 4.78 is 0. The lowest BCUT2D eigenvalue weighted by atomic mass is 10.3. The van der Waals surface area contributed by atoms with Gasteiger partial charge in [0.05, 0.1) is 4.92 Å². The van der Waals surface area contributed by atoms with Crippen molar-refractivity contribution in [1.82, 2.24) is 4.98 Å². The van der Waals surface area contributed by atoms with Crippen LogP contribution in [-0.4, -0.2) is 22.3 Å². The smallest absolute Gasteiger partial charge is 0.287 e. The van der Waals surface area contributed by atoms with Crippen LogP contribution in [0, 0.1) is 10.1 Å². The van der Waals surface area contributed by atoms with Gasteiger partial charge in [0.2, 0.25) is 0 Å². The minimum absolute atomic E-state index is 0. The fraction of sp³-hybridized carbons (Fsp3) is 0.250. The Hall–Kier alpha value is -2.09. The molecule has 0 aromatic carbocycles. The van der Waals surface area contributed by atoms with Crippen LogP contribution in [0.2, 0.25) is 0 Å². The predicted octanol–water partition coefficient (Wildman–Crippen LogP) is 0.444. The molecule has 0 unspecified atom stereocenters. The van der Waals surface area contributed by atoms with E-state index < -0.39 is 4.92 Å². The van der Waals surface area contributed by atoms with Crippen LogP contribution in [0.4, 0.5) is 11.5 Å². The van der Waals surface area contributed by atoms with Crippen LogP contribution in [0.3, 0.4) is 0 Å². The summed E-state index contributed by atoms with van der Waals surface area (Å²) in [6, 6.07) is 2.89. The van der Waals surface area contributed by atoms with Gasteiger partial charge in [-0.25, -0.2) is 4.98 Å². The molecule has 5 N–H and O–H groups in total. The van der Waals surface area contributed by atoms with Gasteiger partial charge in [0, 0.05) is 19.0 Å². The van der Waals surface area contributed by atoms with E-state index in [2.05, 4.69) is 15.4 Å². The summed E-state index contributed by atoms with van der Waals surface area (Å²) in [6.45, 7) is 0.511. The molecule has 1 aromatic rings. The molecule has 1 rings (SSSR count). The number of hydrogen-bond donors (Lipinski definition) is 3. The number of nitro groups is 1. The summed E-state index contributed by atoms with van der Waals surface area (Å²) in [4.78, 5) is 13.7. The fourth-order valence-corrected chi connectivity index (χ4v) is 0.982. The molecule has 94 valence electrons. The molecule has 0 radical (unpaired) electrons. The van der Waals surface area contributed by atoms with Crippen molar-refractivity contribution in [2.45, 2.75) is 6.42 Å². The highest BCUT2D eigenvalue weighted by Gasteiger charge is 2.04. The van der Waals surface area contributed by atoms with Crippen molar-refractivity contribution in [3.8, 4) is 0 Å². The van der Waals surface area contributed by atoms with Gasteiger partial charge in [0.15, 0.2) is 0 Å². The number of nitrogens with zero attached hydrogens (tertiary/aromatic N) is 3. The first-order valence-corrected chi connectivity index (χ1v) is 4.50. The second kappa shape index (κ2) is 7.23. The van der Waals surface area contributed by atoms with Crippen LogP contribution in [-0.2, 0) is 0 Å². The Morgan fingerprint density at radius 3 is 2.76 bits per heavy atom. The predicted molar refractivity (Wildman–Crippen MR) is 67.1 cm³/mol. The third kappa shape index (κ3) is 4.98. The van der Waals surface area contributed by atoms with Gasteiger partial charge in [-0.2, -0.15) is 5.10 Å². The number of amidine groups is 1. The molecule has 0 bridgehead atoms. The van der Waals surface area contributed by atoms with E-state index in [1.807, 2.05) is 0 Å². The lowest BCUT2D eigenvalue weighted by Crippen LogP contribution is -2.18. The first kappa shape index (κ1) is 14.9. The standard InChI is InChI=1S/C8H12N6O2.ClH/c9-7(13-10)3-4-11-8-2-1-6(5-12-8)14(15)16;/h1-2,5H,3-4,10H2,(H2,9,13)(H,11,12);1H. The van der Waals surface area contributed by atoms with E-state index in [4.69, 9.17) is 11.6 Å². The average molecular weight is 261 g/mol. The van der Waals surface area contributed by atoms with Gasteiger partial charge in [-0.05, 0) is 6.07 Å². The molecular formula is C8H13ClN6O2. The number of nitrogens with one attached hydrogen (secondary N) is 1. The highest BCUT2D eigenvalue weighted by atomic mass is 35.5. The Balaban J connectivity index is 0.00000256. The van der Waals surface area contributed by atoms with Crippen molar-refractivity contribution in [2.75, 3.05) is 11.9 Å². The molecule has 0 spiro atoms. The first-order chi connectivity index (χ1) is 7.63. The van der Waals surface area contributed by atoms with Gasteiger partial charge >= 0.3 is 0 Å². The van der Waals surface area contributed by atoms with Crippen LogP contribution in [0.1, 0.15) is 6.42 Å². The molecule has 9 heteroatoms. The number of halogens is 1. The van der Waals surface area contributed by atoms with E-state index in [9.17, 15) is 10.1 Å². The zero-order valence-corrected chi connectivity index (χ0v) is 9.68. The van der Waals surface area contributed by atoms with Crippen LogP contribution >= 0.6 is 12.4 Å². The van der Waals surface area contributed by atoms with Crippen molar-refractivity contribution >= 4 is 29.7 Å². The summed E-state index contributed by atoms with van der Waals surface area (Å²) in [6.07, 6.45) is 1.66. The number of rotatable bonds is 5. The van der Waals surface area contributed by atoms with Gasteiger partial charge < -0.3 is 16.9 Å². The molecule has 0 fully saturated rings. The van der Waals surface area contributed by atoms with E-state index in [0.717, 1.165) is 0 Å². The second-order valence-electron chi connectivity index (χ2n) is 2.96. The summed E-state index contributed by atoms with van der Waals surface area (Å²) in [5.74, 6) is 5.81. The maximum atomic E-state index is 10.4. The van der Waals surface area contributed by atoms with E-state index in [1.165, 1.54) is 18.3 Å².